The molecule has 0 atom stereocenters. The van der Waals surface area contributed by atoms with Gasteiger partial charge in [0.2, 0.25) is 5.91 Å². The van der Waals surface area contributed by atoms with E-state index in [1.807, 2.05) is 0 Å². The molecule has 2 N–H and O–H groups in total. The SMILES string of the molecule is NC(=O)C=Cc1cc(Cl)cc(C=O)c1. The van der Waals surface area contributed by atoms with Crippen LogP contribution in [0.15, 0.2) is 24.3 Å². The Bertz CT molecular complexity index is 399. The van der Waals surface area contributed by atoms with Crippen molar-refractivity contribution >= 4 is 29.9 Å². The van der Waals surface area contributed by atoms with E-state index in [1.54, 1.807) is 12.1 Å². The number of hydrogen-bond donors (Lipinski definition) is 1. The van der Waals surface area contributed by atoms with E-state index in [9.17, 15) is 9.59 Å². The van der Waals surface area contributed by atoms with Gasteiger partial charge in [-0.1, -0.05) is 11.6 Å². The second kappa shape index (κ2) is 4.58. The van der Waals surface area contributed by atoms with E-state index >= 15 is 0 Å². The van der Waals surface area contributed by atoms with Crippen molar-refractivity contribution in [2.24, 2.45) is 5.73 Å². The maximum absolute atomic E-state index is 10.5. The molecule has 0 unspecified atom stereocenters. The van der Waals surface area contributed by atoms with Crippen molar-refractivity contribution in [1.29, 1.82) is 0 Å². The number of carbonyl (C=O) groups is 2. The van der Waals surface area contributed by atoms with Gasteiger partial charge in [-0.25, -0.2) is 0 Å². The molecule has 0 aliphatic heterocycles. The third-order valence-corrected chi connectivity index (χ3v) is 1.74. The number of carbonyl (C=O) groups excluding carboxylic acids is 2. The average Bonchev–Trinajstić information content (AvgIpc) is 2.14. The first-order valence-electron chi connectivity index (χ1n) is 3.85. The fourth-order valence-electron chi connectivity index (χ4n) is 0.979. The number of aldehydes is 1. The van der Waals surface area contributed by atoms with Gasteiger partial charge in [-0.2, -0.15) is 0 Å². The molecule has 0 radical (unpaired) electrons. The fourth-order valence-corrected chi connectivity index (χ4v) is 1.23. The highest BCUT2D eigenvalue weighted by Gasteiger charge is 1.96. The minimum absolute atomic E-state index is 0.443. The molecule has 3 nitrogen and oxygen atoms in total. The van der Waals surface area contributed by atoms with Crippen LogP contribution in [0.4, 0.5) is 0 Å². The quantitative estimate of drug-likeness (QED) is 0.608. The highest BCUT2D eigenvalue weighted by atomic mass is 35.5. The first kappa shape index (κ1) is 10.5. The van der Waals surface area contributed by atoms with Crippen molar-refractivity contribution < 1.29 is 9.59 Å². The van der Waals surface area contributed by atoms with E-state index in [0.717, 1.165) is 0 Å². The predicted molar refractivity (Wildman–Crippen MR) is 55.1 cm³/mol. The predicted octanol–water partition coefficient (Wildman–Crippen LogP) is 1.65. The monoisotopic (exact) mass is 209 g/mol. The van der Waals surface area contributed by atoms with E-state index in [2.05, 4.69) is 0 Å². The Morgan fingerprint density at radius 3 is 2.50 bits per heavy atom. The van der Waals surface area contributed by atoms with Crippen LogP contribution in [0.25, 0.3) is 6.08 Å². The molecule has 14 heavy (non-hydrogen) atoms. The van der Waals surface area contributed by atoms with Gasteiger partial charge in [-0.15, -0.1) is 0 Å². The Morgan fingerprint density at radius 1 is 1.29 bits per heavy atom. The Labute approximate surface area is 86.2 Å². The lowest BCUT2D eigenvalue weighted by molar-refractivity contribution is -0.113. The Morgan fingerprint density at radius 2 is 1.93 bits per heavy atom. The zero-order valence-electron chi connectivity index (χ0n) is 7.24. The Kier molecular flexibility index (Phi) is 3.42. The van der Waals surface area contributed by atoms with Crippen molar-refractivity contribution in [3.63, 3.8) is 0 Å². The molecule has 4 heteroatoms. The molecule has 1 amide bonds. The van der Waals surface area contributed by atoms with Crippen molar-refractivity contribution in [1.82, 2.24) is 0 Å². The second-order valence-corrected chi connectivity index (χ2v) is 3.11. The van der Waals surface area contributed by atoms with Crippen LogP contribution >= 0.6 is 11.6 Å². The average molecular weight is 210 g/mol. The van der Waals surface area contributed by atoms with E-state index in [-0.39, 0.29) is 0 Å². The summed E-state index contributed by atoms with van der Waals surface area (Å²) in [6, 6.07) is 4.78. The zero-order valence-corrected chi connectivity index (χ0v) is 7.99. The molecular weight excluding hydrogens is 202 g/mol. The molecule has 0 aliphatic rings. The van der Waals surface area contributed by atoms with Gasteiger partial charge in [0.1, 0.15) is 6.29 Å². The van der Waals surface area contributed by atoms with Gasteiger partial charge >= 0.3 is 0 Å². The molecule has 0 saturated carbocycles. The molecule has 0 spiro atoms. The van der Waals surface area contributed by atoms with Gasteiger partial charge in [0.15, 0.2) is 0 Å². The molecule has 0 aromatic heterocycles. The van der Waals surface area contributed by atoms with Crippen LogP contribution in [0.1, 0.15) is 15.9 Å². The minimum Gasteiger partial charge on any atom is -0.366 e. The van der Waals surface area contributed by atoms with Crippen LogP contribution in [-0.4, -0.2) is 12.2 Å². The summed E-state index contributed by atoms with van der Waals surface area (Å²) in [5.74, 6) is -0.544. The van der Waals surface area contributed by atoms with Crippen molar-refractivity contribution in [2.75, 3.05) is 0 Å². The molecule has 0 bridgehead atoms. The summed E-state index contributed by atoms with van der Waals surface area (Å²) in [6.45, 7) is 0. The van der Waals surface area contributed by atoms with E-state index in [0.29, 0.717) is 22.4 Å². The normalized spacial score (nSPS) is 10.4. The highest BCUT2D eigenvalue weighted by molar-refractivity contribution is 6.31. The van der Waals surface area contributed by atoms with E-state index < -0.39 is 5.91 Å². The second-order valence-electron chi connectivity index (χ2n) is 2.67. The van der Waals surface area contributed by atoms with Crippen LogP contribution in [0, 0.1) is 0 Å². The van der Waals surface area contributed by atoms with Crippen molar-refractivity contribution in [3.8, 4) is 0 Å². The summed E-state index contributed by atoms with van der Waals surface area (Å²) in [5, 5.41) is 0.443. The van der Waals surface area contributed by atoms with Gasteiger partial charge in [0, 0.05) is 16.7 Å². The first-order chi connectivity index (χ1) is 6.61. The van der Waals surface area contributed by atoms with Gasteiger partial charge in [-0.3, -0.25) is 9.59 Å². The maximum Gasteiger partial charge on any atom is 0.241 e. The summed E-state index contributed by atoms with van der Waals surface area (Å²) < 4.78 is 0. The van der Waals surface area contributed by atoms with Crippen LogP contribution in [0.3, 0.4) is 0 Å². The summed E-state index contributed by atoms with van der Waals surface area (Å²) in [5.41, 5.74) is 6.05. The van der Waals surface area contributed by atoms with Gasteiger partial charge < -0.3 is 5.73 Å². The first-order valence-corrected chi connectivity index (χ1v) is 4.23. The lowest BCUT2D eigenvalue weighted by Crippen LogP contribution is -2.05. The standard InChI is InChI=1S/C10H8ClNO2/c11-9-4-7(1-2-10(12)14)3-8(5-9)6-13/h1-6H,(H2,12,14). The number of hydrogen-bond acceptors (Lipinski definition) is 2. The molecule has 1 aromatic carbocycles. The highest BCUT2D eigenvalue weighted by Crippen LogP contribution is 2.15. The number of primary amides is 1. The summed E-state index contributed by atoms with van der Waals surface area (Å²) in [4.78, 5) is 20.9. The molecule has 1 aromatic rings. The van der Waals surface area contributed by atoms with Crippen LogP contribution in [0.5, 0.6) is 0 Å². The molecule has 0 fully saturated rings. The van der Waals surface area contributed by atoms with E-state index in [1.165, 1.54) is 18.2 Å². The lowest BCUT2D eigenvalue weighted by atomic mass is 10.1. The van der Waals surface area contributed by atoms with E-state index in [4.69, 9.17) is 17.3 Å². The number of halogens is 1. The van der Waals surface area contributed by atoms with Gasteiger partial charge in [-0.05, 0) is 29.8 Å². The van der Waals surface area contributed by atoms with Crippen molar-refractivity contribution in [3.05, 3.63) is 40.4 Å². The third kappa shape index (κ3) is 3.03. The Hall–Kier alpha value is -1.61. The fraction of sp³-hybridized carbons (Fsp3) is 0. The molecule has 0 heterocycles. The summed E-state index contributed by atoms with van der Waals surface area (Å²) in [6.07, 6.45) is 3.40. The maximum atomic E-state index is 10.5. The summed E-state index contributed by atoms with van der Waals surface area (Å²) >= 11 is 5.74. The smallest absolute Gasteiger partial charge is 0.241 e. The number of amides is 1. The lowest BCUT2D eigenvalue weighted by Gasteiger charge is -1.96. The topological polar surface area (TPSA) is 60.2 Å². The number of nitrogens with two attached hydrogens (primary N) is 1. The summed E-state index contributed by atoms with van der Waals surface area (Å²) in [7, 11) is 0. The molecule has 72 valence electrons. The number of benzene rings is 1. The molecule has 0 aliphatic carbocycles. The minimum atomic E-state index is -0.544. The number of rotatable bonds is 3. The Balaban J connectivity index is 3.03. The van der Waals surface area contributed by atoms with Gasteiger partial charge in [0.05, 0.1) is 0 Å². The van der Waals surface area contributed by atoms with Crippen LogP contribution in [0.2, 0.25) is 5.02 Å². The zero-order chi connectivity index (χ0) is 10.6. The third-order valence-electron chi connectivity index (χ3n) is 1.52. The molecular formula is C10H8ClNO2. The molecule has 0 saturated heterocycles. The molecule has 1 rings (SSSR count). The van der Waals surface area contributed by atoms with Gasteiger partial charge in [0.25, 0.3) is 0 Å². The van der Waals surface area contributed by atoms with Crippen molar-refractivity contribution in [2.45, 2.75) is 0 Å². The van der Waals surface area contributed by atoms with Crippen LogP contribution in [-0.2, 0) is 4.79 Å². The van der Waals surface area contributed by atoms with Crippen LogP contribution < -0.4 is 5.73 Å². The largest absolute Gasteiger partial charge is 0.366 e.